The molecule has 0 unspecified atom stereocenters. The number of carbonyl (C=O) groups is 2. The van der Waals surface area contributed by atoms with Crippen LogP contribution in [0.2, 0.25) is 0 Å². The SMILES string of the molecule is CC(C)(C)C(C(=O)[O-])(N(CCBr)CC(=O)[O-])C(C)(C)C. The van der Waals surface area contributed by atoms with Crippen molar-refractivity contribution < 1.29 is 19.8 Å². The van der Waals surface area contributed by atoms with E-state index >= 15 is 0 Å². The number of carbonyl (C=O) groups excluding carboxylic acids is 2. The average Bonchev–Trinajstić information content (AvgIpc) is 2.11. The Balaban J connectivity index is 6.18. The second kappa shape index (κ2) is 6.43. The first kappa shape index (κ1) is 19.4. The normalized spacial score (nSPS) is 13.6. The molecule has 0 aromatic carbocycles. The molecule has 20 heavy (non-hydrogen) atoms. The molecule has 0 atom stereocenters. The summed E-state index contributed by atoms with van der Waals surface area (Å²) in [4.78, 5) is 24.5. The highest BCUT2D eigenvalue weighted by molar-refractivity contribution is 9.09. The molecule has 0 N–H and O–H groups in total. The molecule has 0 fully saturated rings. The topological polar surface area (TPSA) is 83.5 Å². The number of carboxylic acid groups (broad SMARTS) is 2. The van der Waals surface area contributed by atoms with Gasteiger partial charge in [-0.3, -0.25) is 4.90 Å². The summed E-state index contributed by atoms with van der Waals surface area (Å²) in [6, 6.07) is 0. The van der Waals surface area contributed by atoms with Crippen LogP contribution in [0.3, 0.4) is 0 Å². The van der Waals surface area contributed by atoms with Crippen LogP contribution < -0.4 is 10.2 Å². The van der Waals surface area contributed by atoms with E-state index in [0.29, 0.717) is 5.33 Å². The summed E-state index contributed by atoms with van der Waals surface area (Å²) in [5, 5.41) is 23.5. The Labute approximate surface area is 129 Å². The van der Waals surface area contributed by atoms with Gasteiger partial charge in [0, 0.05) is 18.4 Å². The van der Waals surface area contributed by atoms with Crippen LogP contribution in [-0.4, -0.2) is 40.8 Å². The van der Waals surface area contributed by atoms with Crippen LogP contribution in [0.5, 0.6) is 0 Å². The monoisotopic (exact) mass is 349 g/mol. The molecule has 0 aromatic rings. The number of carboxylic acids is 2. The Kier molecular flexibility index (Phi) is 6.23. The number of hydrogen-bond donors (Lipinski definition) is 0. The van der Waals surface area contributed by atoms with Gasteiger partial charge in [0.05, 0.1) is 17.5 Å². The van der Waals surface area contributed by atoms with Gasteiger partial charge in [-0.15, -0.1) is 0 Å². The van der Waals surface area contributed by atoms with Crippen molar-refractivity contribution in [2.24, 2.45) is 10.8 Å². The van der Waals surface area contributed by atoms with Gasteiger partial charge in [0.15, 0.2) is 0 Å². The van der Waals surface area contributed by atoms with E-state index in [1.54, 1.807) is 41.5 Å². The van der Waals surface area contributed by atoms with Gasteiger partial charge in [0.2, 0.25) is 0 Å². The molecule has 0 bridgehead atoms. The van der Waals surface area contributed by atoms with E-state index in [2.05, 4.69) is 15.9 Å². The van der Waals surface area contributed by atoms with Crippen molar-refractivity contribution >= 4 is 27.9 Å². The van der Waals surface area contributed by atoms with Gasteiger partial charge in [0.1, 0.15) is 0 Å². The fourth-order valence-electron chi connectivity index (χ4n) is 3.44. The van der Waals surface area contributed by atoms with Crippen LogP contribution in [-0.2, 0) is 9.59 Å². The van der Waals surface area contributed by atoms with Crippen molar-refractivity contribution in [3.05, 3.63) is 0 Å². The molecule has 0 rings (SSSR count). The van der Waals surface area contributed by atoms with Gasteiger partial charge in [-0.2, -0.15) is 0 Å². The molecule has 0 saturated heterocycles. The van der Waals surface area contributed by atoms with Gasteiger partial charge in [-0.1, -0.05) is 57.5 Å². The van der Waals surface area contributed by atoms with Crippen LogP contribution in [0.15, 0.2) is 0 Å². The second-order valence-electron chi connectivity index (χ2n) is 6.98. The zero-order valence-electron chi connectivity index (χ0n) is 13.1. The lowest BCUT2D eigenvalue weighted by molar-refractivity contribution is -0.334. The molecule has 0 aliphatic carbocycles. The maximum absolute atomic E-state index is 12.0. The largest absolute Gasteiger partial charge is 0.549 e. The predicted octanol–water partition coefficient (Wildman–Crippen LogP) is 0.0141. The summed E-state index contributed by atoms with van der Waals surface area (Å²) in [5.41, 5.74) is -2.88. The molecular weight excluding hydrogens is 326 g/mol. The van der Waals surface area contributed by atoms with E-state index in [-0.39, 0.29) is 6.54 Å². The summed E-state index contributed by atoms with van der Waals surface area (Å²) in [5.74, 6) is -2.57. The van der Waals surface area contributed by atoms with E-state index in [0.717, 1.165) is 0 Å². The van der Waals surface area contributed by atoms with E-state index in [4.69, 9.17) is 0 Å². The molecule has 0 radical (unpaired) electrons. The van der Waals surface area contributed by atoms with E-state index < -0.39 is 34.9 Å². The molecule has 0 amide bonds. The third kappa shape index (κ3) is 3.52. The summed E-state index contributed by atoms with van der Waals surface area (Å²) in [6.07, 6.45) is 0. The first-order valence-electron chi connectivity index (χ1n) is 6.54. The predicted molar refractivity (Wildman–Crippen MR) is 77.0 cm³/mol. The summed E-state index contributed by atoms with van der Waals surface area (Å²) in [6.45, 7) is 10.5. The van der Waals surface area contributed by atoms with Crippen molar-refractivity contribution in [2.75, 3.05) is 18.4 Å². The molecule has 0 heterocycles. The summed E-state index contributed by atoms with van der Waals surface area (Å²) in [7, 11) is 0. The number of aliphatic carboxylic acids is 2. The van der Waals surface area contributed by atoms with Crippen molar-refractivity contribution in [1.29, 1.82) is 0 Å². The van der Waals surface area contributed by atoms with Gasteiger partial charge in [-0.25, -0.2) is 0 Å². The van der Waals surface area contributed by atoms with E-state index in [9.17, 15) is 19.8 Å². The molecule has 118 valence electrons. The van der Waals surface area contributed by atoms with Crippen LogP contribution in [0, 0.1) is 10.8 Å². The molecule has 5 nitrogen and oxygen atoms in total. The Bertz CT molecular complexity index is 354. The smallest absolute Gasteiger partial charge is 0.0707 e. The number of alkyl halides is 1. The first-order valence-corrected chi connectivity index (χ1v) is 7.66. The molecule has 0 aromatic heterocycles. The van der Waals surface area contributed by atoms with Crippen LogP contribution in [0.1, 0.15) is 41.5 Å². The standard InChI is InChI=1S/C14H26BrNO4/c1-12(2,3)14(11(19)20,13(4,5)6)16(8-7-15)9-10(17)18/h7-9H2,1-6H3,(H,17,18)(H,19,20)/p-2. The molecule has 0 spiro atoms. The van der Waals surface area contributed by atoms with Gasteiger partial charge in [-0.05, 0) is 10.8 Å². The maximum Gasteiger partial charge on any atom is 0.0707 e. The third-order valence-electron chi connectivity index (χ3n) is 3.61. The highest BCUT2D eigenvalue weighted by atomic mass is 79.9. The van der Waals surface area contributed by atoms with E-state index in [1.807, 2.05) is 0 Å². The molecular formula is C14H24BrNO4-2. The van der Waals surface area contributed by atoms with Gasteiger partial charge in [0.25, 0.3) is 0 Å². The average molecular weight is 350 g/mol. The molecule has 0 aliphatic heterocycles. The number of nitrogens with zero attached hydrogens (tertiary/aromatic N) is 1. The number of rotatable bonds is 6. The molecule has 0 aliphatic rings. The van der Waals surface area contributed by atoms with Crippen LogP contribution in [0.4, 0.5) is 0 Å². The van der Waals surface area contributed by atoms with Crippen molar-refractivity contribution in [3.63, 3.8) is 0 Å². The molecule has 6 heteroatoms. The lowest BCUT2D eigenvalue weighted by Gasteiger charge is -2.60. The minimum absolute atomic E-state index is 0.274. The van der Waals surface area contributed by atoms with Crippen molar-refractivity contribution in [2.45, 2.75) is 47.1 Å². The van der Waals surface area contributed by atoms with E-state index in [1.165, 1.54) is 4.90 Å². The third-order valence-corrected chi connectivity index (χ3v) is 3.97. The number of hydrogen-bond acceptors (Lipinski definition) is 5. The van der Waals surface area contributed by atoms with Crippen LogP contribution >= 0.6 is 15.9 Å². The zero-order chi connectivity index (χ0) is 16.4. The first-order chi connectivity index (χ1) is 8.82. The van der Waals surface area contributed by atoms with Gasteiger partial charge < -0.3 is 19.8 Å². The number of halogens is 1. The second-order valence-corrected chi connectivity index (χ2v) is 7.77. The minimum Gasteiger partial charge on any atom is -0.549 e. The van der Waals surface area contributed by atoms with Crippen molar-refractivity contribution in [1.82, 2.24) is 4.90 Å². The quantitative estimate of drug-likeness (QED) is 0.631. The Hall–Kier alpha value is -0.620. The molecule has 0 saturated carbocycles. The van der Waals surface area contributed by atoms with Gasteiger partial charge >= 0.3 is 0 Å². The Morgan fingerprint density at radius 1 is 1.00 bits per heavy atom. The maximum atomic E-state index is 12.0. The zero-order valence-corrected chi connectivity index (χ0v) is 14.7. The Morgan fingerprint density at radius 3 is 1.60 bits per heavy atom. The fourth-order valence-corrected chi connectivity index (χ4v) is 3.87. The summed E-state index contributed by atoms with van der Waals surface area (Å²) >= 11 is 3.25. The van der Waals surface area contributed by atoms with Crippen molar-refractivity contribution in [3.8, 4) is 0 Å². The Morgan fingerprint density at radius 2 is 1.40 bits per heavy atom. The lowest BCUT2D eigenvalue weighted by Crippen LogP contribution is -2.73. The lowest BCUT2D eigenvalue weighted by atomic mass is 9.59. The highest BCUT2D eigenvalue weighted by Crippen LogP contribution is 2.48. The van der Waals surface area contributed by atoms with Crippen LogP contribution in [0.25, 0.3) is 0 Å². The summed E-state index contributed by atoms with van der Waals surface area (Å²) < 4.78 is 0. The fraction of sp³-hybridized carbons (Fsp3) is 0.857. The highest BCUT2D eigenvalue weighted by Gasteiger charge is 2.55. The minimum atomic E-state index is -1.44.